The SMILES string of the molecule is [C-]#[N+]c1cnc2ccc(-c3c(-c4ccc(F)cc4)ncn3C3CC3)nn12. The van der Waals surface area contributed by atoms with Gasteiger partial charge in [-0.2, -0.15) is 0 Å². The Morgan fingerprint density at radius 2 is 1.88 bits per heavy atom. The highest BCUT2D eigenvalue weighted by atomic mass is 19.1. The fourth-order valence-corrected chi connectivity index (χ4v) is 3.13. The zero-order chi connectivity index (χ0) is 17.7. The van der Waals surface area contributed by atoms with Crippen LogP contribution >= 0.6 is 0 Å². The van der Waals surface area contributed by atoms with Gasteiger partial charge in [0, 0.05) is 17.7 Å². The van der Waals surface area contributed by atoms with Crippen molar-refractivity contribution in [3.8, 4) is 22.6 Å². The molecule has 5 rings (SSSR count). The van der Waals surface area contributed by atoms with Crippen LogP contribution in [0.25, 0.3) is 33.1 Å². The van der Waals surface area contributed by atoms with E-state index in [1.807, 2.05) is 18.5 Å². The van der Waals surface area contributed by atoms with E-state index in [1.165, 1.54) is 18.3 Å². The molecule has 0 radical (unpaired) electrons. The van der Waals surface area contributed by atoms with Crippen LogP contribution in [0, 0.1) is 12.4 Å². The Kier molecular flexibility index (Phi) is 3.12. The molecule has 0 unspecified atom stereocenters. The number of hydrogen-bond acceptors (Lipinski definition) is 3. The second-order valence-electron chi connectivity index (χ2n) is 6.30. The maximum absolute atomic E-state index is 13.3. The number of nitrogens with zero attached hydrogens (tertiary/aromatic N) is 6. The lowest BCUT2D eigenvalue weighted by Gasteiger charge is -2.08. The molecule has 0 aliphatic heterocycles. The van der Waals surface area contributed by atoms with Crippen LogP contribution in [0.2, 0.25) is 0 Å². The van der Waals surface area contributed by atoms with Crippen LogP contribution in [0.1, 0.15) is 18.9 Å². The van der Waals surface area contributed by atoms with E-state index in [-0.39, 0.29) is 5.82 Å². The van der Waals surface area contributed by atoms with E-state index < -0.39 is 0 Å². The molecule has 1 aromatic carbocycles. The summed E-state index contributed by atoms with van der Waals surface area (Å²) >= 11 is 0. The van der Waals surface area contributed by atoms with Gasteiger partial charge in [0.25, 0.3) is 5.82 Å². The molecule has 126 valence electrons. The first-order valence-electron chi connectivity index (χ1n) is 8.30. The van der Waals surface area contributed by atoms with E-state index in [1.54, 1.807) is 16.6 Å². The summed E-state index contributed by atoms with van der Waals surface area (Å²) < 4.78 is 17.0. The number of rotatable bonds is 3. The van der Waals surface area contributed by atoms with Gasteiger partial charge < -0.3 is 9.41 Å². The molecule has 0 spiro atoms. The minimum absolute atomic E-state index is 0.281. The van der Waals surface area contributed by atoms with Gasteiger partial charge in [0.15, 0.2) is 0 Å². The van der Waals surface area contributed by atoms with Crippen LogP contribution < -0.4 is 0 Å². The standard InChI is InChI=1S/C19H13FN6/c1-21-17-10-22-16-9-8-15(24-26(16)17)19-18(12-2-4-13(20)5-3-12)23-11-25(19)14-6-7-14/h2-5,8-11,14H,6-7H2. The Bertz CT molecular complexity index is 1160. The average molecular weight is 344 g/mol. The van der Waals surface area contributed by atoms with Gasteiger partial charge in [0.05, 0.1) is 23.9 Å². The fraction of sp³-hybridized carbons (Fsp3) is 0.158. The highest BCUT2D eigenvalue weighted by Crippen LogP contribution is 2.41. The van der Waals surface area contributed by atoms with Gasteiger partial charge in [-0.1, -0.05) is 11.7 Å². The predicted octanol–water partition coefficient (Wildman–Crippen LogP) is 4.28. The summed E-state index contributed by atoms with van der Waals surface area (Å²) in [6.07, 6.45) is 5.54. The summed E-state index contributed by atoms with van der Waals surface area (Å²) in [5, 5.41) is 4.63. The molecule has 0 amide bonds. The van der Waals surface area contributed by atoms with Crippen molar-refractivity contribution in [1.82, 2.24) is 24.1 Å². The molecule has 0 saturated heterocycles. The first-order valence-corrected chi connectivity index (χ1v) is 8.30. The molecule has 26 heavy (non-hydrogen) atoms. The molecule has 1 aliphatic rings. The maximum atomic E-state index is 13.3. The lowest BCUT2D eigenvalue weighted by Crippen LogP contribution is -2.01. The predicted molar refractivity (Wildman–Crippen MR) is 94.1 cm³/mol. The van der Waals surface area contributed by atoms with Crippen LogP contribution in [-0.2, 0) is 0 Å². The van der Waals surface area contributed by atoms with Crippen molar-refractivity contribution in [2.24, 2.45) is 0 Å². The summed E-state index contributed by atoms with van der Waals surface area (Å²) in [5.41, 5.74) is 3.81. The lowest BCUT2D eigenvalue weighted by molar-refractivity contribution is 0.628. The van der Waals surface area contributed by atoms with Crippen molar-refractivity contribution in [2.75, 3.05) is 0 Å². The van der Waals surface area contributed by atoms with Crippen LogP contribution in [0.3, 0.4) is 0 Å². The monoisotopic (exact) mass is 344 g/mol. The third-order valence-electron chi connectivity index (χ3n) is 4.55. The van der Waals surface area contributed by atoms with Crippen molar-refractivity contribution in [2.45, 2.75) is 18.9 Å². The maximum Gasteiger partial charge on any atom is 0.275 e. The zero-order valence-corrected chi connectivity index (χ0v) is 13.7. The van der Waals surface area contributed by atoms with Crippen molar-refractivity contribution in [1.29, 1.82) is 0 Å². The normalized spacial score (nSPS) is 13.8. The molecule has 1 saturated carbocycles. The van der Waals surface area contributed by atoms with Gasteiger partial charge >= 0.3 is 0 Å². The van der Waals surface area contributed by atoms with E-state index in [0.29, 0.717) is 23.2 Å². The molecule has 3 heterocycles. The van der Waals surface area contributed by atoms with Crippen LogP contribution in [-0.4, -0.2) is 24.1 Å². The second-order valence-corrected chi connectivity index (χ2v) is 6.30. The minimum Gasteiger partial charge on any atom is -0.360 e. The molecule has 6 nitrogen and oxygen atoms in total. The van der Waals surface area contributed by atoms with Crippen molar-refractivity contribution in [3.63, 3.8) is 0 Å². The number of aromatic nitrogens is 5. The molecule has 0 atom stereocenters. The second kappa shape index (κ2) is 5.49. The topological polar surface area (TPSA) is 52.4 Å². The summed E-state index contributed by atoms with van der Waals surface area (Å²) in [6, 6.07) is 10.4. The highest BCUT2D eigenvalue weighted by molar-refractivity contribution is 5.77. The molecule has 0 N–H and O–H groups in total. The molecule has 0 bridgehead atoms. The minimum atomic E-state index is -0.281. The van der Waals surface area contributed by atoms with Crippen molar-refractivity contribution in [3.05, 3.63) is 66.2 Å². The van der Waals surface area contributed by atoms with E-state index in [0.717, 1.165) is 29.8 Å². The third kappa shape index (κ3) is 2.27. The van der Waals surface area contributed by atoms with Gasteiger partial charge in [-0.15, -0.1) is 4.52 Å². The zero-order valence-electron chi connectivity index (χ0n) is 13.7. The Morgan fingerprint density at radius 3 is 2.62 bits per heavy atom. The Labute approximate surface area is 148 Å². The first-order chi connectivity index (χ1) is 12.7. The summed E-state index contributed by atoms with van der Waals surface area (Å²) in [5.74, 6) is 0.0826. The van der Waals surface area contributed by atoms with Gasteiger partial charge in [-0.25, -0.2) is 14.4 Å². The first kappa shape index (κ1) is 14.8. The molecule has 4 aromatic rings. The van der Waals surface area contributed by atoms with Crippen molar-refractivity contribution >= 4 is 11.5 Å². The smallest absolute Gasteiger partial charge is 0.275 e. The van der Waals surface area contributed by atoms with Crippen LogP contribution in [0.15, 0.2) is 48.9 Å². The number of hydrogen-bond donors (Lipinski definition) is 0. The van der Waals surface area contributed by atoms with E-state index in [2.05, 4.69) is 24.5 Å². The lowest BCUT2D eigenvalue weighted by atomic mass is 10.1. The van der Waals surface area contributed by atoms with Gasteiger partial charge in [0.1, 0.15) is 11.5 Å². The largest absolute Gasteiger partial charge is 0.360 e. The Balaban J connectivity index is 1.74. The average Bonchev–Trinajstić information content (AvgIpc) is 3.28. The molecule has 1 fully saturated rings. The Morgan fingerprint density at radius 1 is 1.08 bits per heavy atom. The molecule has 3 aromatic heterocycles. The number of fused-ring (bicyclic) bond motifs is 1. The molecular weight excluding hydrogens is 331 g/mol. The summed E-state index contributed by atoms with van der Waals surface area (Å²) in [6.45, 7) is 7.28. The molecule has 1 aliphatic carbocycles. The number of benzene rings is 1. The molecule has 7 heteroatoms. The van der Waals surface area contributed by atoms with Gasteiger partial charge in [-0.05, 0) is 43.2 Å². The van der Waals surface area contributed by atoms with E-state index in [9.17, 15) is 4.39 Å². The summed E-state index contributed by atoms with van der Waals surface area (Å²) in [7, 11) is 0. The number of imidazole rings is 2. The quantitative estimate of drug-likeness (QED) is 0.521. The van der Waals surface area contributed by atoms with E-state index in [4.69, 9.17) is 6.57 Å². The van der Waals surface area contributed by atoms with Gasteiger partial charge in [0.2, 0.25) is 5.65 Å². The third-order valence-corrected chi connectivity index (χ3v) is 4.55. The Hall–Kier alpha value is -3.53. The van der Waals surface area contributed by atoms with Crippen molar-refractivity contribution < 1.29 is 4.39 Å². The fourth-order valence-electron chi connectivity index (χ4n) is 3.13. The van der Waals surface area contributed by atoms with E-state index >= 15 is 0 Å². The van der Waals surface area contributed by atoms with Crippen LogP contribution in [0.5, 0.6) is 0 Å². The highest BCUT2D eigenvalue weighted by Gasteiger charge is 2.29. The molecular formula is C19H13FN6. The number of halogens is 1. The van der Waals surface area contributed by atoms with Gasteiger partial charge in [-0.3, -0.25) is 0 Å². The summed E-state index contributed by atoms with van der Waals surface area (Å²) in [4.78, 5) is 12.2. The van der Waals surface area contributed by atoms with Crippen LogP contribution in [0.4, 0.5) is 10.2 Å².